The van der Waals surface area contributed by atoms with E-state index >= 15 is 0 Å². The van der Waals surface area contributed by atoms with E-state index in [0.717, 1.165) is 16.9 Å². The number of rotatable bonds is 12. The highest BCUT2D eigenvalue weighted by molar-refractivity contribution is 6.00. The van der Waals surface area contributed by atoms with Crippen molar-refractivity contribution in [3.63, 3.8) is 0 Å². The molecule has 1 N–H and O–H groups in total. The van der Waals surface area contributed by atoms with Crippen molar-refractivity contribution in [2.75, 3.05) is 6.61 Å². The summed E-state index contributed by atoms with van der Waals surface area (Å²) in [7, 11) is 0. The Labute approximate surface area is 222 Å². The summed E-state index contributed by atoms with van der Waals surface area (Å²) in [6.45, 7) is 1.81. The number of carbonyl (C=O) groups is 3. The third-order valence-electron chi connectivity index (χ3n) is 5.92. The number of ketones is 2. The Hall–Kier alpha value is -4.55. The van der Waals surface area contributed by atoms with Gasteiger partial charge in [0, 0.05) is 17.5 Å². The van der Waals surface area contributed by atoms with Crippen LogP contribution in [0.1, 0.15) is 38.8 Å². The van der Waals surface area contributed by atoms with Gasteiger partial charge in [0.15, 0.2) is 11.6 Å². The molecule has 0 heterocycles. The van der Waals surface area contributed by atoms with Gasteiger partial charge >= 0.3 is 0 Å². The Morgan fingerprint density at radius 2 is 1.26 bits per heavy atom. The first kappa shape index (κ1) is 26.5. The molecule has 4 rings (SSSR count). The van der Waals surface area contributed by atoms with Gasteiger partial charge in [-0.1, -0.05) is 72.8 Å². The molecular weight excluding hydrogens is 478 g/mol. The lowest BCUT2D eigenvalue weighted by Gasteiger charge is -2.18. The van der Waals surface area contributed by atoms with Crippen molar-refractivity contribution in [3.8, 4) is 11.5 Å². The maximum atomic E-state index is 13.3. The molecule has 0 fully saturated rings. The zero-order valence-electron chi connectivity index (χ0n) is 21.1. The molecule has 1 atom stereocenters. The fourth-order valence-electron chi connectivity index (χ4n) is 3.81. The SMILES string of the molecule is CC(=O)c1ccc(C(=O)NC(COCc2ccccc2)C(=O)Cc2ccc(Oc3ccccc3)cc2)cc1. The van der Waals surface area contributed by atoms with Gasteiger partial charge in [0.05, 0.1) is 13.2 Å². The smallest absolute Gasteiger partial charge is 0.251 e. The van der Waals surface area contributed by atoms with Crippen LogP contribution < -0.4 is 10.1 Å². The summed E-state index contributed by atoms with van der Waals surface area (Å²) in [4.78, 5) is 37.7. The van der Waals surface area contributed by atoms with Crippen LogP contribution in [0.4, 0.5) is 0 Å². The van der Waals surface area contributed by atoms with Gasteiger partial charge in [0.2, 0.25) is 0 Å². The van der Waals surface area contributed by atoms with E-state index in [1.54, 1.807) is 24.3 Å². The molecule has 0 aliphatic rings. The highest BCUT2D eigenvalue weighted by Gasteiger charge is 2.22. The number of hydrogen-bond donors (Lipinski definition) is 1. The van der Waals surface area contributed by atoms with E-state index in [-0.39, 0.29) is 24.6 Å². The molecule has 0 saturated heterocycles. The van der Waals surface area contributed by atoms with E-state index in [4.69, 9.17) is 9.47 Å². The number of ether oxygens (including phenoxy) is 2. The fourth-order valence-corrected chi connectivity index (χ4v) is 3.81. The van der Waals surface area contributed by atoms with E-state index in [2.05, 4.69) is 5.32 Å². The van der Waals surface area contributed by atoms with Crippen LogP contribution in [-0.2, 0) is 22.6 Å². The van der Waals surface area contributed by atoms with Crippen molar-refractivity contribution in [3.05, 3.63) is 131 Å². The largest absolute Gasteiger partial charge is 0.457 e. The number of benzene rings is 4. The lowest BCUT2D eigenvalue weighted by molar-refractivity contribution is -0.121. The Morgan fingerprint density at radius 3 is 1.89 bits per heavy atom. The average molecular weight is 508 g/mol. The summed E-state index contributed by atoms with van der Waals surface area (Å²) in [5.74, 6) is 0.722. The van der Waals surface area contributed by atoms with E-state index in [0.29, 0.717) is 23.5 Å². The van der Waals surface area contributed by atoms with Gasteiger partial charge < -0.3 is 14.8 Å². The molecule has 0 aromatic heterocycles. The van der Waals surface area contributed by atoms with Gasteiger partial charge in [0.25, 0.3) is 5.91 Å². The molecule has 1 amide bonds. The normalized spacial score (nSPS) is 11.4. The standard InChI is InChI=1S/C32H29NO5/c1-23(34)26-14-16-27(17-15-26)32(36)33-30(22-37-21-25-8-4-2-5-9-25)31(35)20-24-12-18-29(19-13-24)38-28-10-6-3-7-11-28/h2-19,30H,20-22H2,1H3,(H,33,36). The molecule has 0 aliphatic heterocycles. The molecule has 0 radical (unpaired) electrons. The zero-order valence-corrected chi connectivity index (χ0v) is 21.1. The molecule has 1 unspecified atom stereocenters. The molecule has 0 spiro atoms. The lowest BCUT2D eigenvalue weighted by atomic mass is 10.0. The van der Waals surface area contributed by atoms with Crippen LogP contribution in [0.3, 0.4) is 0 Å². The fraction of sp³-hybridized carbons (Fsp3) is 0.156. The summed E-state index contributed by atoms with van der Waals surface area (Å²) < 4.78 is 11.6. The van der Waals surface area contributed by atoms with Gasteiger partial charge in [0.1, 0.15) is 17.5 Å². The van der Waals surface area contributed by atoms with Gasteiger partial charge in [-0.25, -0.2) is 0 Å². The number of para-hydroxylation sites is 1. The summed E-state index contributed by atoms with van der Waals surface area (Å²) in [6.07, 6.45) is 0.120. The number of amides is 1. The van der Waals surface area contributed by atoms with E-state index in [9.17, 15) is 14.4 Å². The zero-order chi connectivity index (χ0) is 26.7. The summed E-state index contributed by atoms with van der Waals surface area (Å²) in [5.41, 5.74) is 2.64. The van der Waals surface area contributed by atoms with Gasteiger partial charge in [-0.05, 0) is 54.4 Å². The van der Waals surface area contributed by atoms with Crippen LogP contribution in [0.2, 0.25) is 0 Å². The topological polar surface area (TPSA) is 81.7 Å². The maximum Gasteiger partial charge on any atom is 0.251 e. The molecule has 192 valence electrons. The highest BCUT2D eigenvalue weighted by Crippen LogP contribution is 2.21. The van der Waals surface area contributed by atoms with Crippen molar-refractivity contribution in [2.45, 2.75) is 26.0 Å². The lowest BCUT2D eigenvalue weighted by Crippen LogP contribution is -2.44. The predicted molar refractivity (Wildman–Crippen MR) is 145 cm³/mol. The molecule has 6 heteroatoms. The Bertz CT molecular complexity index is 1350. The van der Waals surface area contributed by atoms with Crippen LogP contribution in [0.15, 0.2) is 109 Å². The predicted octanol–water partition coefficient (Wildman–Crippen LogP) is 5.81. The molecular formula is C32H29NO5. The Balaban J connectivity index is 1.42. The molecule has 38 heavy (non-hydrogen) atoms. The van der Waals surface area contributed by atoms with E-state index in [1.807, 2.05) is 84.9 Å². The second-order valence-electron chi connectivity index (χ2n) is 8.86. The van der Waals surface area contributed by atoms with Crippen LogP contribution in [-0.4, -0.2) is 30.1 Å². The maximum absolute atomic E-state index is 13.3. The highest BCUT2D eigenvalue weighted by atomic mass is 16.5. The van der Waals surface area contributed by atoms with Crippen molar-refractivity contribution in [2.24, 2.45) is 0 Å². The van der Waals surface area contributed by atoms with Crippen molar-refractivity contribution < 1.29 is 23.9 Å². The van der Waals surface area contributed by atoms with Gasteiger partial charge in [-0.2, -0.15) is 0 Å². The van der Waals surface area contributed by atoms with Crippen LogP contribution in [0.5, 0.6) is 11.5 Å². The van der Waals surface area contributed by atoms with Crippen LogP contribution >= 0.6 is 0 Å². The minimum Gasteiger partial charge on any atom is -0.457 e. The number of Topliss-reactive ketones (excluding diaryl/α,β-unsaturated/α-hetero) is 2. The van der Waals surface area contributed by atoms with Gasteiger partial charge in [-0.3, -0.25) is 14.4 Å². The minimum atomic E-state index is -0.848. The average Bonchev–Trinajstić information content (AvgIpc) is 2.94. The quantitative estimate of drug-likeness (QED) is 0.245. The molecule has 6 nitrogen and oxygen atoms in total. The molecule has 4 aromatic rings. The molecule has 4 aromatic carbocycles. The number of carbonyl (C=O) groups excluding carboxylic acids is 3. The second kappa shape index (κ2) is 13.1. The van der Waals surface area contributed by atoms with Crippen LogP contribution in [0, 0.1) is 0 Å². The van der Waals surface area contributed by atoms with Crippen molar-refractivity contribution >= 4 is 17.5 Å². The number of nitrogens with one attached hydrogen (secondary N) is 1. The Kier molecular flexibility index (Phi) is 9.16. The van der Waals surface area contributed by atoms with Crippen LogP contribution in [0.25, 0.3) is 0 Å². The first-order chi connectivity index (χ1) is 18.5. The minimum absolute atomic E-state index is 0.0280. The van der Waals surface area contributed by atoms with Crippen molar-refractivity contribution in [1.29, 1.82) is 0 Å². The molecule has 0 saturated carbocycles. The molecule has 0 bridgehead atoms. The van der Waals surface area contributed by atoms with E-state index < -0.39 is 11.9 Å². The third-order valence-corrected chi connectivity index (χ3v) is 5.92. The second-order valence-corrected chi connectivity index (χ2v) is 8.86. The third kappa shape index (κ3) is 7.72. The summed E-state index contributed by atoms with van der Waals surface area (Å²) in [6, 6.07) is 31.9. The first-order valence-electron chi connectivity index (χ1n) is 12.4. The Morgan fingerprint density at radius 1 is 0.684 bits per heavy atom. The van der Waals surface area contributed by atoms with Gasteiger partial charge in [-0.15, -0.1) is 0 Å². The first-order valence-corrected chi connectivity index (χ1v) is 12.4. The summed E-state index contributed by atoms with van der Waals surface area (Å²) >= 11 is 0. The number of hydrogen-bond acceptors (Lipinski definition) is 5. The molecule has 0 aliphatic carbocycles. The monoisotopic (exact) mass is 507 g/mol. The van der Waals surface area contributed by atoms with Crippen molar-refractivity contribution in [1.82, 2.24) is 5.32 Å². The van der Waals surface area contributed by atoms with E-state index in [1.165, 1.54) is 6.92 Å². The summed E-state index contributed by atoms with van der Waals surface area (Å²) in [5, 5.41) is 2.81.